The van der Waals surface area contributed by atoms with Crippen LogP contribution in [0.2, 0.25) is 0 Å². The molecule has 2 aromatic carbocycles. The Hall–Kier alpha value is -2.80. The van der Waals surface area contributed by atoms with Crippen LogP contribution in [-0.4, -0.2) is 24.0 Å². The lowest BCUT2D eigenvalue weighted by atomic mass is 10.1. The molecule has 0 unspecified atom stereocenters. The summed E-state index contributed by atoms with van der Waals surface area (Å²) in [6.45, 7) is 7.77. The summed E-state index contributed by atoms with van der Waals surface area (Å²) in [7, 11) is 0. The van der Waals surface area contributed by atoms with E-state index in [0.717, 1.165) is 28.9 Å². The molecule has 0 N–H and O–H groups in total. The van der Waals surface area contributed by atoms with Crippen LogP contribution in [0, 0.1) is 25.2 Å². The Balaban J connectivity index is 1.91. The van der Waals surface area contributed by atoms with E-state index in [1.165, 1.54) is 0 Å². The van der Waals surface area contributed by atoms with Gasteiger partial charge in [0.2, 0.25) is 5.91 Å². The first-order chi connectivity index (χ1) is 12.5. The largest absolute Gasteiger partial charge is 0.493 e. The van der Waals surface area contributed by atoms with Crippen LogP contribution in [0.25, 0.3) is 0 Å². The number of carbonyl (C=O) groups is 1. The van der Waals surface area contributed by atoms with Gasteiger partial charge in [0, 0.05) is 13.1 Å². The van der Waals surface area contributed by atoms with Gasteiger partial charge < -0.3 is 9.64 Å². The Morgan fingerprint density at radius 1 is 1.12 bits per heavy atom. The Morgan fingerprint density at radius 2 is 1.77 bits per heavy atom. The number of carbonyl (C=O) groups excluding carboxylic acids is 1. The Kier molecular flexibility index (Phi) is 7.23. The number of rotatable bonds is 8. The minimum absolute atomic E-state index is 0.0839. The SMILES string of the molecule is CCCN(Cc1ccc(C#N)cc1)C(=O)CCOc1cc(C)cc(C)c1. The molecule has 136 valence electrons. The van der Waals surface area contributed by atoms with Gasteiger partial charge in [-0.05, 0) is 61.2 Å². The van der Waals surface area contributed by atoms with Crippen LogP contribution in [0.4, 0.5) is 0 Å². The third-order valence-corrected chi connectivity index (χ3v) is 4.08. The Labute approximate surface area is 156 Å². The number of nitrogens with zero attached hydrogens (tertiary/aromatic N) is 2. The highest BCUT2D eigenvalue weighted by Crippen LogP contribution is 2.16. The zero-order valence-electron chi connectivity index (χ0n) is 15.8. The second-order valence-corrected chi connectivity index (χ2v) is 6.55. The van der Waals surface area contributed by atoms with Gasteiger partial charge in [-0.15, -0.1) is 0 Å². The molecule has 0 atom stereocenters. The Bertz CT molecular complexity index is 755. The fraction of sp³-hybridized carbons (Fsp3) is 0.364. The van der Waals surface area contributed by atoms with Gasteiger partial charge in [-0.25, -0.2) is 0 Å². The van der Waals surface area contributed by atoms with Crippen LogP contribution in [0.3, 0.4) is 0 Å². The average Bonchev–Trinajstić information content (AvgIpc) is 2.61. The highest BCUT2D eigenvalue weighted by atomic mass is 16.5. The molecule has 4 nitrogen and oxygen atoms in total. The van der Waals surface area contributed by atoms with Gasteiger partial charge in [0.05, 0.1) is 24.7 Å². The lowest BCUT2D eigenvalue weighted by Gasteiger charge is -2.22. The second kappa shape index (κ2) is 9.62. The molecule has 0 spiro atoms. The fourth-order valence-corrected chi connectivity index (χ4v) is 2.90. The third kappa shape index (κ3) is 5.93. The topological polar surface area (TPSA) is 53.3 Å². The summed E-state index contributed by atoms with van der Waals surface area (Å²) in [5.41, 5.74) is 3.96. The summed E-state index contributed by atoms with van der Waals surface area (Å²) in [6, 6.07) is 15.6. The fourth-order valence-electron chi connectivity index (χ4n) is 2.90. The van der Waals surface area contributed by atoms with Crippen LogP contribution >= 0.6 is 0 Å². The van der Waals surface area contributed by atoms with E-state index in [1.54, 1.807) is 12.1 Å². The summed E-state index contributed by atoms with van der Waals surface area (Å²) >= 11 is 0. The van der Waals surface area contributed by atoms with Crippen molar-refractivity contribution in [1.29, 1.82) is 5.26 Å². The number of nitriles is 1. The zero-order valence-corrected chi connectivity index (χ0v) is 15.8. The smallest absolute Gasteiger partial charge is 0.226 e. The van der Waals surface area contributed by atoms with Crippen molar-refractivity contribution in [3.63, 3.8) is 0 Å². The van der Waals surface area contributed by atoms with Gasteiger partial charge in [0.15, 0.2) is 0 Å². The van der Waals surface area contributed by atoms with Gasteiger partial charge in [-0.1, -0.05) is 25.1 Å². The van der Waals surface area contributed by atoms with E-state index in [4.69, 9.17) is 10.00 Å². The molecule has 0 saturated heterocycles. The maximum absolute atomic E-state index is 12.6. The van der Waals surface area contributed by atoms with Crippen LogP contribution in [0.1, 0.15) is 42.0 Å². The molecule has 0 radical (unpaired) electrons. The van der Waals surface area contributed by atoms with Gasteiger partial charge in [-0.3, -0.25) is 4.79 Å². The number of hydrogen-bond donors (Lipinski definition) is 0. The van der Waals surface area contributed by atoms with Crippen molar-refractivity contribution in [3.8, 4) is 11.8 Å². The van der Waals surface area contributed by atoms with Crippen molar-refractivity contribution < 1.29 is 9.53 Å². The van der Waals surface area contributed by atoms with Crippen molar-refractivity contribution in [1.82, 2.24) is 4.90 Å². The molecular weight excluding hydrogens is 324 g/mol. The van der Waals surface area contributed by atoms with E-state index in [1.807, 2.05) is 43.0 Å². The van der Waals surface area contributed by atoms with Crippen molar-refractivity contribution >= 4 is 5.91 Å². The number of hydrogen-bond acceptors (Lipinski definition) is 3. The number of aryl methyl sites for hydroxylation is 2. The molecule has 0 saturated carbocycles. The molecule has 0 heterocycles. The van der Waals surface area contributed by atoms with E-state index in [-0.39, 0.29) is 5.91 Å². The van der Waals surface area contributed by atoms with Crippen LogP contribution < -0.4 is 4.74 Å². The predicted molar refractivity (Wildman–Crippen MR) is 103 cm³/mol. The van der Waals surface area contributed by atoms with Crippen molar-refractivity contribution in [2.24, 2.45) is 0 Å². The highest BCUT2D eigenvalue weighted by molar-refractivity contribution is 5.76. The third-order valence-electron chi connectivity index (χ3n) is 4.08. The molecule has 1 amide bonds. The van der Waals surface area contributed by atoms with Gasteiger partial charge >= 0.3 is 0 Å². The highest BCUT2D eigenvalue weighted by Gasteiger charge is 2.13. The van der Waals surface area contributed by atoms with E-state index >= 15 is 0 Å². The number of benzene rings is 2. The monoisotopic (exact) mass is 350 g/mol. The molecule has 0 aliphatic rings. The summed E-state index contributed by atoms with van der Waals surface area (Å²) in [5.74, 6) is 0.894. The lowest BCUT2D eigenvalue weighted by Crippen LogP contribution is -2.32. The van der Waals surface area contributed by atoms with Gasteiger partial charge in [0.25, 0.3) is 0 Å². The first-order valence-corrected chi connectivity index (χ1v) is 8.99. The molecule has 26 heavy (non-hydrogen) atoms. The van der Waals surface area contributed by atoms with Crippen molar-refractivity contribution in [2.75, 3.05) is 13.2 Å². The predicted octanol–water partition coefficient (Wildman–Crippen LogP) is 4.38. The first-order valence-electron chi connectivity index (χ1n) is 8.99. The molecule has 0 aliphatic heterocycles. The molecule has 0 aliphatic carbocycles. The first kappa shape index (κ1) is 19.5. The minimum Gasteiger partial charge on any atom is -0.493 e. The lowest BCUT2D eigenvalue weighted by molar-refractivity contribution is -0.132. The molecule has 2 rings (SSSR count). The second-order valence-electron chi connectivity index (χ2n) is 6.55. The number of amides is 1. The molecule has 0 bridgehead atoms. The molecule has 2 aromatic rings. The zero-order chi connectivity index (χ0) is 18.9. The summed E-state index contributed by atoms with van der Waals surface area (Å²) in [6.07, 6.45) is 1.25. The summed E-state index contributed by atoms with van der Waals surface area (Å²) in [4.78, 5) is 14.4. The number of ether oxygens (including phenoxy) is 1. The Morgan fingerprint density at radius 3 is 2.35 bits per heavy atom. The van der Waals surface area contributed by atoms with Crippen molar-refractivity contribution in [2.45, 2.75) is 40.2 Å². The minimum atomic E-state index is 0.0839. The maximum atomic E-state index is 12.6. The molecule has 0 fully saturated rings. The van der Waals surface area contributed by atoms with E-state index < -0.39 is 0 Å². The van der Waals surface area contributed by atoms with Crippen LogP contribution in [0.5, 0.6) is 5.75 Å². The van der Waals surface area contributed by atoms with E-state index in [2.05, 4.69) is 19.1 Å². The van der Waals surface area contributed by atoms with E-state index in [0.29, 0.717) is 31.7 Å². The normalized spacial score (nSPS) is 10.2. The molecule has 4 heteroatoms. The quantitative estimate of drug-likeness (QED) is 0.710. The molecule has 0 aromatic heterocycles. The van der Waals surface area contributed by atoms with Crippen LogP contribution in [0.15, 0.2) is 42.5 Å². The molecular formula is C22H26N2O2. The van der Waals surface area contributed by atoms with Gasteiger partial charge in [-0.2, -0.15) is 5.26 Å². The maximum Gasteiger partial charge on any atom is 0.226 e. The van der Waals surface area contributed by atoms with Crippen molar-refractivity contribution in [3.05, 3.63) is 64.7 Å². The summed E-state index contributed by atoms with van der Waals surface area (Å²) < 4.78 is 5.76. The van der Waals surface area contributed by atoms with Gasteiger partial charge in [0.1, 0.15) is 5.75 Å². The van der Waals surface area contributed by atoms with E-state index in [9.17, 15) is 4.79 Å². The van der Waals surface area contributed by atoms with Crippen LogP contribution in [-0.2, 0) is 11.3 Å². The summed E-state index contributed by atoms with van der Waals surface area (Å²) in [5, 5.41) is 8.88. The standard InChI is InChI=1S/C22H26N2O2/c1-4-10-24(16-20-7-5-19(15-23)6-8-20)22(25)9-11-26-21-13-17(2)12-18(3)14-21/h5-8,12-14H,4,9-11,16H2,1-3H3. The average molecular weight is 350 g/mol.